The van der Waals surface area contributed by atoms with Crippen LogP contribution in [0, 0.1) is 18.3 Å². The van der Waals surface area contributed by atoms with Gasteiger partial charge in [-0.25, -0.2) is 4.57 Å². The second kappa shape index (κ2) is 9.08. The van der Waals surface area contributed by atoms with Crippen molar-refractivity contribution in [1.82, 2.24) is 19.2 Å². The van der Waals surface area contributed by atoms with Crippen molar-refractivity contribution in [3.05, 3.63) is 94.3 Å². The number of nitrogens with one attached hydrogen (secondary N) is 1. The minimum atomic E-state index is -0.504. The second-order valence-corrected chi connectivity index (χ2v) is 9.31. The normalized spacial score (nSPS) is 11.9. The molecule has 35 heavy (non-hydrogen) atoms. The monoisotopic (exact) mass is 480 g/mol. The Labute approximate surface area is 204 Å². The Morgan fingerprint density at radius 1 is 1.03 bits per heavy atom. The van der Waals surface area contributed by atoms with E-state index < -0.39 is 5.25 Å². The lowest BCUT2D eigenvalue weighted by molar-refractivity contribution is -0.115. The number of carbonyl (C=O) groups is 1. The SMILES string of the molecule is Cc1ccccc1-n1c(=O)c2ccccc2n2c(SC(C)C(=O)Nc3ccc(C#N)cc3)nnc12. The van der Waals surface area contributed by atoms with Crippen molar-refractivity contribution in [2.75, 3.05) is 5.32 Å². The van der Waals surface area contributed by atoms with Gasteiger partial charge < -0.3 is 5.32 Å². The van der Waals surface area contributed by atoms with E-state index in [4.69, 9.17) is 5.26 Å². The second-order valence-electron chi connectivity index (χ2n) is 8.00. The van der Waals surface area contributed by atoms with Gasteiger partial charge in [-0.1, -0.05) is 42.1 Å². The Kier molecular flexibility index (Phi) is 5.81. The fourth-order valence-electron chi connectivity index (χ4n) is 3.87. The van der Waals surface area contributed by atoms with E-state index in [1.165, 1.54) is 11.8 Å². The fourth-order valence-corrected chi connectivity index (χ4v) is 4.73. The van der Waals surface area contributed by atoms with Crippen LogP contribution in [0.2, 0.25) is 0 Å². The van der Waals surface area contributed by atoms with Gasteiger partial charge in [0.2, 0.25) is 11.7 Å². The molecule has 9 heteroatoms. The highest BCUT2D eigenvalue weighted by atomic mass is 32.2. The molecule has 3 aromatic carbocycles. The van der Waals surface area contributed by atoms with Crippen molar-refractivity contribution in [1.29, 1.82) is 5.26 Å². The number of hydrogen-bond donors (Lipinski definition) is 1. The Hall–Kier alpha value is -4.42. The number of aromatic nitrogens is 4. The van der Waals surface area contributed by atoms with Gasteiger partial charge in [0.25, 0.3) is 5.56 Å². The minimum Gasteiger partial charge on any atom is -0.325 e. The number of rotatable bonds is 5. The molecule has 1 atom stereocenters. The number of para-hydroxylation sites is 2. The highest BCUT2D eigenvalue weighted by Crippen LogP contribution is 2.27. The number of nitriles is 1. The van der Waals surface area contributed by atoms with E-state index in [-0.39, 0.29) is 11.5 Å². The largest absolute Gasteiger partial charge is 0.325 e. The van der Waals surface area contributed by atoms with E-state index in [2.05, 4.69) is 21.6 Å². The summed E-state index contributed by atoms with van der Waals surface area (Å²) in [6.07, 6.45) is 0. The highest BCUT2D eigenvalue weighted by Gasteiger charge is 2.22. The molecular weight excluding hydrogens is 460 g/mol. The lowest BCUT2D eigenvalue weighted by Gasteiger charge is -2.14. The zero-order valence-electron chi connectivity index (χ0n) is 19.0. The van der Waals surface area contributed by atoms with Crippen molar-refractivity contribution >= 4 is 40.0 Å². The fraction of sp³-hybridized carbons (Fsp3) is 0.115. The zero-order chi connectivity index (χ0) is 24.5. The van der Waals surface area contributed by atoms with Gasteiger partial charge in [0.05, 0.1) is 33.5 Å². The first-order chi connectivity index (χ1) is 17.0. The molecule has 2 aromatic heterocycles. The molecule has 1 unspecified atom stereocenters. The van der Waals surface area contributed by atoms with Crippen LogP contribution < -0.4 is 10.9 Å². The first kappa shape index (κ1) is 22.4. The third-order valence-electron chi connectivity index (χ3n) is 5.68. The predicted octanol–water partition coefficient (Wildman–Crippen LogP) is 4.33. The van der Waals surface area contributed by atoms with Crippen molar-refractivity contribution < 1.29 is 4.79 Å². The maximum atomic E-state index is 13.5. The van der Waals surface area contributed by atoms with Gasteiger partial charge in [0.1, 0.15) is 0 Å². The molecule has 0 bridgehead atoms. The minimum absolute atomic E-state index is 0.182. The summed E-state index contributed by atoms with van der Waals surface area (Å²) in [5.41, 5.74) is 3.27. The van der Waals surface area contributed by atoms with Crippen molar-refractivity contribution in [2.45, 2.75) is 24.3 Å². The van der Waals surface area contributed by atoms with Crippen LogP contribution in [0.25, 0.3) is 22.4 Å². The molecule has 0 aliphatic heterocycles. The maximum Gasteiger partial charge on any atom is 0.267 e. The summed E-state index contributed by atoms with van der Waals surface area (Å²) < 4.78 is 3.38. The van der Waals surface area contributed by atoms with E-state index >= 15 is 0 Å². The topological polar surface area (TPSA) is 105 Å². The standard InChI is InChI=1S/C26H20N6O2S/c1-16-7-3-5-9-21(16)31-24(34)20-8-4-6-10-22(20)32-25(31)29-30-26(32)35-17(2)23(33)28-19-13-11-18(15-27)12-14-19/h3-14,17H,1-2H3,(H,28,33). The number of benzene rings is 3. The summed E-state index contributed by atoms with van der Waals surface area (Å²) in [4.78, 5) is 26.3. The third kappa shape index (κ3) is 4.05. The first-order valence-corrected chi connectivity index (χ1v) is 11.8. The summed E-state index contributed by atoms with van der Waals surface area (Å²) in [7, 11) is 0. The van der Waals surface area contributed by atoms with Crippen LogP contribution in [0.1, 0.15) is 18.1 Å². The molecule has 8 nitrogen and oxygen atoms in total. The summed E-state index contributed by atoms with van der Waals surface area (Å²) in [5, 5.41) is 21.0. The molecule has 5 aromatic rings. The molecule has 0 spiro atoms. The van der Waals surface area contributed by atoms with E-state index in [1.54, 1.807) is 41.8 Å². The molecule has 0 saturated carbocycles. The molecule has 1 N–H and O–H groups in total. The summed E-state index contributed by atoms with van der Waals surface area (Å²) in [6.45, 7) is 3.72. The number of aryl methyl sites for hydroxylation is 1. The Morgan fingerprint density at radius 2 is 1.74 bits per heavy atom. The van der Waals surface area contributed by atoms with Gasteiger partial charge in [0, 0.05) is 5.69 Å². The summed E-state index contributed by atoms with van der Waals surface area (Å²) in [5.74, 6) is 0.165. The molecule has 0 fully saturated rings. The van der Waals surface area contributed by atoms with Gasteiger partial charge in [-0.2, -0.15) is 5.26 Å². The molecule has 0 radical (unpaired) electrons. The number of thioether (sulfide) groups is 1. The molecule has 5 rings (SSSR count). The number of anilines is 1. The molecule has 0 aliphatic rings. The molecule has 1 amide bonds. The average molecular weight is 481 g/mol. The lowest BCUT2D eigenvalue weighted by Crippen LogP contribution is -2.24. The van der Waals surface area contributed by atoms with Crippen molar-refractivity contribution in [3.8, 4) is 11.8 Å². The van der Waals surface area contributed by atoms with Gasteiger partial charge in [-0.05, 0) is 61.9 Å². The van der Waals surface area contributed by atoms with Gasteiger partial charge in [-0.15, -0.1) is 10.2 Å². The summed E-state index contributed by atoms with van der Waals surface area (Å²) in [6, 6.07) is 23.6. The molecule has 172 valence electrons. The highest BCUT2D eigenvalue weighted by molar-refractivity contribution is 8.00. The van der Waals surface area contributed by atoms with Crippen LogP contribution in [0.4, 0.5) is 5.69 Å². The molecule has 0 aliphatic carbocycles. The van der Waals surface area contributed by atoms with E-state index in [1.807, 2.05) is 53.8 Å². The van der Waals surface area contributed by atoms with Gasteiger partial charge in [0.15, 0.2) is 5.16 Å². The summed E-state index contributed by atoms with van der Waals surface area (Å²) >= 11 is 1.25. The Bertz CT molecular complexity index is 1680. The van der Waals surface area contributed by atoms with Crippen LogP contribution in [0.5, 0.6) is 0 Å². The van der Waals surface area contributed by atoms with Crippen LogP contribution in [0.15, 0.2) is 82.7 Å². The van der Waals surface area contributed by atoms with Crippen LogP contribution >= 0.6 is 11.8 Å². The van der Waals surface area contributed by atoms with E-state index in [9.17, 15) is 9.59 Å². The molecular formula is C26H20N6O2S. The van der Waals surface area contributed by atoms with Crippen LogP contribution in [0.3, 0.4) is 0 Å². The number of nitrogens with zero attached hydrogens (tertiary/aromatic N) is 5. The van der Waals surface area contributed by atoms with Crippen LogP contribution in [-0.4, -0.2) is 30.3 Å². The molecule has 0 saturated heterocycles. The number of hydrogen-bond acceptors (Lipinski definition) is 6. The smallest absolute Gasteiger partial charge is 0.267 e. The van der Waals surface area contributed by atoms with E-state index in [0.717, 1.165) is 11.3 Å². The quantitative estimate of drug-likeness (QED) is 0.375. The Morgan fingerprint density at radius 3 is 2.49 bits per heavy atom. The van der Waals surface area contributed by atoms with Crippen molar-refractivity contribution in [3.63, 3.8) is 0 Å². The lowest BCUT2D eigenvalue weighted by atomic mass is 10.2. The Balaban J connectivity index is 1.56. The van der Waals surface area contributed by atoms with Crippen LogP contribution in [-0.2, 0) is 4.79 Å². The van der Waals surface area contributed by atoms with Gasteiger partial charge in [-0.3, -0.25) is 14.0 Å². The van der Waals surface area contributed by atoms with Crippen molar-refractivity contribution in [2.24, 2.45) is 0 Å². The van der Waals surface area contributed by atoms with E-state index in [0.29, 0.717) is 33.1 Å². The average Bonchev–Trinajstić information content (AvgIpc) is 3.29. The number of amides is 1. The zero-order valence-corrected chi connectivity index (χ0v) is 19.8. The third-order valence-corrected chi connectivity index (χ3v) is 6.73. The number of carbonyl (C=O) groups excluding carboxylic acids is 1. The maximum absolute atomic E-state index is 13.5. The number of fused-ring (bicyclic) bond motifs is 3. The first-order valence-electron chi connectivity index (χ1n) is 10.9. The molecule has 2 heterocycles. The van der Waals surface area contributed by atoms with Gasteiger partial charge >= 0.3 is 0 Å². The predicted molar refractivity (Wildman–Crippen MR) is 136 cm³/mol.